The van der Waals surface area contributed by atoms with Gasteiger partial charge in [0.25, 0.3) is 0 Å². The molecule has 5 nitrogen and oxygen atoms in total. The Kier molecular flexibility index (Phi) is 4.44. The molecule has 0 aliphatic heterocycles. The first kappa shape index (κ1) is 12.7. The lowest BCUT2D eigenvalue weighted by atomic mass is 10.2. The van der Waals surface area contributed by atoms with Gasteiger partial charge in [0.1, 0.15) is 0 Å². The lowest BCUT2D eigenvalue weighted by Crippen LogP contribution is -2.17. The van der Waals surface area contributed by atoms with Crippen LogP contribution >= 0.6 is 0 Å². The molecule has 5 heteroatoms. The quantitative estimate of drug-likeness (QED) is 0.627. The monoisotopic (exact) mass is 247 g/mol. The Labute approximate surface area is 106 Å². The van der Waals surface area contributed by atoms with Crippen molar-refractivity contribution in [1.29, 1.82) is 0 Å². The van der Waals surface area contributed by atoms with Crippen LogP contribution in [-0.4, -0.2) is 16.8 Å². The molecule has 0 aliphatic rings. The zero-order valence-electron chi connectivity index (χ0n) is 10.6. The number of benzene rings is 1. The van der Waals surface area contributed by atoms with Crippen molar-refractivity contribution < 1.29 is 9.25 Å². The summed E-state index contributed by atoms with van der Waals surface area (Å²) >= 11 is 0. The van der Waals surface area contributed by atoms with Crippen molar-refractivity contribution in [3.8, 4) is 11.5 Å². The molecule has 18 heavy (non-hydrogen) atoms. The second kappa shape index (κ2) is 6.28. The van der Waals surface area contributed by atoms with Crippen LogP contribution in [0, 0.1) is 5.92 Å². The molecule has 0 bridgehead atoms. The van der Waals surface area contributed by atoms with Gasteiger partial charge in [0.2, 0.25) is 11.8 Å². The van der Waals surface area contributed by atoms with Gasteiger partial charge in [-0.25, -0.2) is 0 Å². The third kappa shape index (κ3) is 3.65. The van der Waals surface area contributed by atoms with Gasteiger partial charge in [0.05, 0.1) is 13.2 Å². The molecule has 0 amide bonds. The SMILES string of the molecule is CC(C)CONCc1nnc(-c2ccccc2)o1. The van der Waals surface area contributed by atoms with E-state index in [9.17, 15) is 0 Å². The van der Waals surface area contributed by atoms with Crippen molar-refractivity contribution in [3.63, 3.8) is 0 Å². The van der Waals surface area contributed by atoms with E-state index in [2.05, 4.69) is 29.5 Å². The molecule has 0 fully saturated rings. The number of aromatic nitrogens is 2. The van der Waals surface area contributed by atoms with E-state index in [1.807, 2.05) is 30.3 Å². The fourth-order valence-corrected chi connectivity index (χ4v) is 1.36. The van der Waals surface area contributed by atoms with E-state index in [1.165, 1.54) is 0 Å². The maximum absolute atomic E-state index is 5.51. The first-order chi connectivity index (χ1) is 8.75. The fourth-order valence-electron chi connectivity index (χ4n) is 1.36. The Morgan fingerprint density at radius 2 is 2.00 bits per heavy atom. The maximum atomic E-state index is 5.51. The summed E-state index contributed by atoms with van der Waals surface area (Å²) in [6.45, 7) is 5.23. The van der Waals surface area contributed by atoms with E-state index in [0.717, 1.165) is 5.56 Å². The van der Waals surface area contributed by atoms with Crippen LogP contribution in [0.2, 0.25) is 0 Å². The smallest absolute Gasteiger partial charge is 0.247 e. The van der Waals surface area contributed by atoms with Crippen LogP contribution in [0.1, 0.15) is 19.7 Å². The minimum atomic E-state index is 0.409. The summed E-state index contributed by atoms with van der Waals surface area (Å²) < 4.78 is 5.51. The summed E-state index contributed by atoms with van der Waals surface area (Å²) in [4.78, 5) is 5.24. The third-order valence-corrected chi connectivity index (χ3v) is 2.23. The predicted molar refractivity (Wildman–Crippen MR) is 67.4 cm³/mol. The van der Waals surface area contributed by atoms with Gasteiger partial charge >= 0.3 is 0 Å². The van der Waals surface area contributed by atoms with Gasteiger partial charge in [0.15, 0.2) is 0 Å². The second-order valence-electron chi connectivity index (χ2n) is 4.39. The largest absolute Gasteiger partial charge is 0.419 e. The molecule has 0 saturated heterocycles. The fraction of sp³-hybridized carbons (Fsp3) is 0.385. The van der Waals surface area contributed by atoms with E-state index in [-0.39, 0.29) is 0 Å². The van der Waals surface area contributed by atoms with Crippen LogP contribution in [0.5, 0.6) is 0 Å². The molecule has 0 spiro atoms. The zero-order valence-corrected chi connectivity index (χ0v) is 10.6. The van der Waals surface area contributed by atoms with Crippen LogP contribution in [0.3, 0.4) is 0 Å². The van der Waals surface area contributed by atoms with E-state index < -0.39 is 0 Å². The van der Waals surface area contributed by atoms with Crippen molar-refractivity contribution in [2.75, 3.05) is 6.61 Å². The van der Waals surface area contributed by atoms with Gasteiger partial charge < -0.3 is 9.25 Å². The minimum absolute atomic E-state index is 0.409. The highest BCUT2D eigenvalue weighted by molar-refractivity contribution is 5.51. The van der Waals surface area contributed by atoms with E-state index in [0.29, 0.717) is 30.9 Å². The molecule has 0 radical (unpaired) electrons. The van der Waals surface area contributed by atoms with Crippen LogP contribution in [0.4, 0.5) is 0 Å². The highest BCUT2D eigenvalue weighted by Crippen LogP contribution is 2.16. The number of hydrogen-bond acceptors (Lipinski definition) is 5. The molecule has 1 heterocycles. The molecule has 2 rings (SSSR count). The maximum Gasteiger partial charge on any atom is 0.247 e. The number of hydroxylamine groups is 1. The first-order valence-corrected chi connectivity index (χ1v) is 5.98. The molecule has 0 aliphatic carbocycles. The molecular formula is C13H17N3O2. The van der Waals surface area contributed by atoms with Crippen molar-refractivity contribution in [1.82, 2.24) is 15.7 Å². The highest BCUT2D eigenvalue weighted by Gasteiger charge is 2.07. The van der Waals surface area contributed by atoms with Crippen molar-refractivity contribution >= 4 is 0 Å². The Morgan fingerprint density at radius 3 is 2.72 bits per heavy atom. The summed E-state index contributed by atoms with van der Waals surface area (Å²) in [5.74, 6) is 1.52. The number of hydrogen-bond donors (Lipinski definition) is 1. The lowest BCUT2D eigenvalue weighted by molar-refractivity contribution is 0.0158. The molecular weight excluding hydrogens is 230 g/mol. The second-order valence-corrected chi connectivity index (χ2v) is 4.39. The Hall–Kier alpha value is -1.72. The van der Waals surface area contributed by atoms with E-state index in [4.69, 9.17) is 9.25 Å². The summed E-state index contributed by atoms with van der Waals surface area (Å²) in [6.07, 6.45) is 0. The molecule has 0 unspecified atom stereocenters. The topological polar surface area (TPSA) is 60.2 Å². The first-order valence-electron chi connectivity index (χ1n) is 5.98. The lowest BCUT2D eigenvalue weighted by Gasteiger charge is -2.05. The normalized spacial score (nSPS) is 11.1. The third-order valence-electron chi connectivity index (χ3n) is 2.23. The Morgan fingerprint density at radius 1 is 1.22 bits per heavy atom. The van der Waals surface area contributed by atoms with Gasteiger partial charge in [0, 0.05) is 5.56 Å². The molecule has 1 N–H and O–H groups in total. The summed E-state index contributed by atoms with van der Waals surface area (Å²) in [5, 5.41) is 7.94. The molecule has 96 valence electrons. The highest BCUT2D eigenvalue weighted by atomic mass is 16.6. The molecule has 1 aromatic carbocycles. The van der Waals surface area contributed by atoms with Gasteiger partial charge in [-0.05, 0) is 18.1 Å². The predicted octanol–water partition coefficient (Wildman–Crippen LogP) is 2.41. The van der Waals surface area contributed by atoms with Gasteiger partial charge in [-0.2, -0.15) is 5.48 Å². The summed E-state index contributed by atoms with van der Waals surface area (Å²) in [5.41, 5.74) is 3.72. The average molecular weight is 247 g/mol. The van der Waals surface area contributed by atoms with Crippen molar-refractivity contribution in [3.05, 3.63) is 36.2 Å². The number of nitrogens with one attached hydrogen (secondary N) is 1. The van der Waals surface area contributed by atoms with Crippen molar-refractivity contribution in [2.45, 2.75) is 20.4 Å². The standard InChI is InChI=1S/C13H17N3O2/c1-10(2)9-17-14-8-12-15-16-13(18-12)11-6-4-3-5-7-11/h3-7,10,14H,8-9H2,1-2H3. The van der Waals surface area contributed by atoms with Crippen molar-refractivity contribution in [2.24, 2.45) is 5.92 Å². The number of nitrogens with zero attached hydrogens (tertiary/aromatic N) is 2. The van der Waals surface area contributed by atoms with Crippen LogP contribution < -0.4 is 5.48 Å². The van der Waals surface area contributed by atoms with E-state index >= 15 is 0 Å². The number of rotatable bonds is 6. The van der Waals surface area contributed by atoms with Gasteiger partial charge in [-0.15, -0.1) is 10.2 Å². The molecule has 0 atom stereocenters. The van der Waals surface area contributed by atoms with Gasteiger partial charge in [-0.1, -0.05) is 32.0 Å². The Balaban J connectivity index is 1.87. The summed E-state index contributed by atoms with van der Waals surface area (Å²) in [6, 6.07) is 9.68. The molecule has 1 aromatic heterocycles. The van der Waals surface area contributed by atoms with E-state index in [1.54, 1.807) is 0 Å². The summed E-state index contributed by atoms with van der Waals surface area (Å²) in [7, 11) is 0. The molecule has 0 saturated carbocycles. The Bertz CT molecular complexity index is 468. The van der Waals surface area contributed by atoms with Gasteiger partial charge in [-0.3, -0.25) is 0 Å². The van der Waals surface area contributed by atoms with Crippen LogP contribution in [-0.2, 0) is 11.4 Å². The van der Waals surface area contributed by atoms with Crippen LogP contribution in [0.15, 0.2) is 34.7 Å². The molecule has 2 aromatic rings. The van der Waals surface area contributed by atoms with Crippen LogP contribution in [0.25, 0.3) is 11.5 Å². The average Bonchev–Trinajstić information content (AvgIpc) is 2.84. The zero-order chi connectivity index (χ0) is 12.8. The minimum Gasteiger partial charge on any atom is -0.419 e.